The quantitative estimate of drug-likeness (QED) is 0.801. The van der Waals surface area contributed by atoms with Gasteiger partial charge in [0.15, 0.2) is 22.2 Å². The summed E-state index contributed by atoms with van der Waals surface area (Å²) in [4.78, 5) is 12.2. The maximum atomic E-state index is 12.5. The van der Waals surface area contributed by atoms with Crippen LogP contribution in [0.1, 0.15) is 52.2 Å². The Morgan fingerprint density at radius 2 is 1.96 bits per heavy atom. The van der Waals surface area contributed by atoms with Crippen LogP contribution in [0.4, 0.5) is 0 Å². The van der Waals surface area contributed by atoms with E-state index in [1.807, 2.05) is 13.8 Å². The second-order valence-electron chi connectivity index (χ2n) is 5.89. The summed E-state index contributed by atoms with van der Waals surface area (Å²) < 4.78 is 35.3. The van der Waals surface area contributed by atoms with Gasteiger partial charge in [0, 0.05) is 6.42 Å². The van der Waals surface area contributed by atoms with Crippen LogP contribution in [-0.2, 0) is 10.1 Å². The van der Waals surface area contributed by atoms with Crippen molar-refractivity contribution in [3.05, 3.63) is 40.3 Å². The zero-order chi connectivity index (χ0) is 16.9. The Balaban J connectivity index is 2.11. The van der Waals surface area contributed by atoms with Gasteiger partial charge >= 0.3 is 10.1 Å². The molecule has 1 atom stereocenters. The summed E-state index contributed by atoms with van der Waals surface area (Å²) in [6.45, 7) is 6.88. The number of hydrogen-bond acceptors (Lipinski definition) is 6. The van der Waals surface area contributed by atoms with E-state index in [1.165, 1.54) is 19.9 Å². The van der Waals surface area contributed by atoms with Crippen LogP contribution in [0.15, 0.2) is 21.6 Å². The molecule has 2 aromatic rings. The van der Waals surface area contributed by atoms with Crippen LogP contribution in [0.5, 0.6) is 5.75 Å². The number of aromatic nitrogens is 1. The molecule has 0 N–H and O–H groups in total. The van der Waals surface area contributed by atoms with E-state index in [1.54, 1.807) is 6.07 Å². The molecule has 0 spiro atoms. The lowest BCUT2D eigenvalue weighted by Crippen LogP contribution is -2.13. The third-order valence-corrected chi connectivity index (χ3v) is 5.59. The predicted octanol–water partition coefficient (Wildman–Crippen LogP) is 3.06. The Kier molecular flexibility index (Phi) is 3.55. The van der Waals surface area contributed by atoms with Crippen molar-refractivity contribution in [1.29, 1.82) is 0 Å². The molecule has 1 heterocycles. The highest BCUT2D eigenvalue weighted by Gasteiger charge is 2.34. The van der Waals surface area contributed by atoms with E-state index in [4.69, 9.17) is 8.71 Å². The van der Waals surface area contributed by atoms with E-state index in [0.717, 1.165) is 11.1 Å². The molecular weight excluding hydrogens is 318 g/mol. The van der Waals surface area contributed by atoms with E-state index in [2.05, 4.69) is 5.16 Å². The molecule has 1 aliphatic carbocycles. The van der Waals surface area contributed by atoms with E-state index >= 15 is 0 Å². The molecule has 0 amide bonds. The van der Waals surface area contributed by atoms with Crippen LogP contribution in [0.25, 0.3) is 0 Å². The lowest BCUT2D eigenvalue weighted by Gasteiger charge is -2.13. The maximum Gasteiger partial charge on any atom is 0.344 e. The Morgan fingerprint density at radius 1 is 1.26 bits per heavy atom. The number of carbonyl (C=O) groups is 1. The molecule has 0 bridgehead atoms. The number of benzene rings is 1. The van der Waals surface area contributed by atoms with Gasteiger partial charge in [-0.1, -0.05) is 18.1 Å². The van der Waals surface area contributed by atoms with Gasteiger partial charge in [-0.3, -0.25) is 4.79 Å². The Bertz CT molecular complexity index is 891. The minimum atomic E-state index is -4.12. The molecule has 0 saturated carbocycles. The minimum absolute atomic E-state index is 0.0582. The molecule has 122 valence electrons. The third kappa shape index (κ3) is 2.45. The Labute approximate surface area is 134 Å². The monoisotopic (exact) mass is 335 g/mol. The summed E-state index contributed by atoms with van der Waals surface area (Å²) >= 11 is 0. The van der Waals surface area contributed by atoms with Gasteiger partial charge < -0.3 is 8.71 Å². The SMILES string of the molecule is Cc1ccc(OS(=O)(=O)c2c(C)noc2C)c2c1[C@H](C)CC2=O. The minimum Gasteiger partial charge on any atom is -0.378 e. The highest BCUT2D eigenvalue weighted by molar-refractivity contribution is 7.87. The summed E-state index contributed by atoms with van der Waals surface area (Å²) in [5.74, 6) is 0.189. The first-order valence-electron chi connectivity index (χ1n) is 7.26. The second-order valence-corrected chi connectivity index (χ2v) is 7.37. The van der Waals surface area contributed by atoms with Crippen LogP contribution in [0.3, 0.4) is 0 Å². The molecule has 7 heteroatoms. The van der Waals surface area contributed by atoms with Crippen molar-refractivity contribution in [2.24, 2.45) is 0 Å². The van der Waals surface area contributed by atoms with Gasteiger partial charge in [0.25, 0.3) is 0 Å². The van der Waals surface area contributed by atoms with Crippen LogP contribution in [0.2, 0.25) is 0 Å². The molecule has 23 heavy (non-hydrogen) atoms. The molecule has 1 aromatic heterocycles. The fourth-order valence-corrected chi connectivity index (χ4v) is 4.42. The number of Topliss-reactive ketones (excluding diaryl/α,β-unsaturated/α-hetero) is 1. The van der Waals surface area contributed by atoms with Crippen molar-refractivity contribution in [1.82, 2.24) is 5.16 Å². The fourth-order valence-electron chi connectivity index (χ4n) is 3.17. The number of fused-ring (bicyclic) bond motifs is 1. The van der Waals surface area contributed by atoms with Gasteiger partial charge in [-0.15, -0.1) is 0 Å². The Hall–Kier alpha value is -2.15. The number of ketones is 1. The zero-order valence-electron chi connectivity index (χ0n) is 13.3. The number of carbonyl (C=O) groups excluding carboxylic acids is 1. The molecule has 0 aliphatic heterocycles. The number of nitrogens with zero attached hydrogens (tertiary/aromatic N) is 1. The lowest BCUT2D eigenvalue weighted by atomic mass is 9.98. The first kappa shape index (κ1) is 15.7. The van der Waals surface area contributed by atoms with E-state index in [-0.39, 0.29) is 33.8 Å². The molecule has 0 saturated heterocycles. The van der Waals surface area contributed by atoms with E-state index < -0.39 is 10.1 Å². The smallest absolute Gasteiger partial charge is 0.344 e. The van der Waals surface area contributed by atoms with E-state index in [0.29, 0.717) is 12.0 Å². The van der Waals surface area contributed by atoms with Crippen molar-refractivity contribution in [2.75, 3.05) is 0 Å². The van der Waals surface area contributed by atoms with Gasteiger partial charge in [0.2, 0.25) is 0 Å². The zero-order valence-corrected chi connectivity index (χ0v) is 14.2. The molecular formula is C16H17NO5S. The summed E-state index contributed by atoms with van der Waals surface area (Å²) in [5, 5.41) is 3.64. The maximum absolute atomic E-state index is 12.5. The summed E-state index contributed by atoms with van der Waals surface area (Å²) in [6, 6.07) is 3.30. The van der Waals surface area contributed by atoms with Crippen molar-refractivity contribution in [3.63, 3.8) is 0 Å². The third-order valence-electron chi connectivity index (χ3n) is 4.11. The van der Waals surface area contributed by atoms with Crippen LogP contribution >= 0.6 is 0 Å². The molecule has 6 nitrogen and oxygen atoms in total. The van der Waals surface area contributed by atoms with Crippen molar-refractivity contribution < 1.29 is 21.9 Å². The van der Waals surface area contributed by atoms with Crippen LogP contribution in [0, 0.1) is 20.8 Å². The first-order valence-corrected chi connectivity index (χ1v) is 8.67. The largest absolute Gasteiger partial charge is 0.378 e. The van der Waals surface area contributed by atoms with Gasteiger partial charge in [-0.2, -0.15) is 8.42 Å². The lowest BCUT2D eigenvalue weighted by molar-refractivity contribution is 0.0989. The van der Waals surface area contributed by atoms with Crippen molar-refractivity contribution in [3.8, 4) is 5.75 Å². The number of hydrogen-bond donors (Lipinski definition) is 0. The fraction of sp³-hybridized carbons (Fsp3) is 0.375. The topological polar surface area (TPSA) is 86.5 Å². The molecule has 0 radical (unpaired) electrons. The summed E-state index contributed by atoms with van der Waals surface area (Å²) in [6.07, 6.45) is 0.363. The standard InChI is InChI=1S/C16H17NO5S/c1-8-5-6-13(15-12(18)7-9(2)14(8)15)22-23(19,20)16-10(3)17-21-11(16)4/h5-6,9H,7H2,1-4H3/t9-/m1/s1. The van der Waals surface area contributed by atoms with Gasteiger partial charge in [0.1, 0.15) is 5.69 Å². The van der Waals surface area contributed by atoms with Crippen molar-refractivity contribution in [2.45, 2.75) is 44.9 Å². The summed E-state index contributed by atoms with van der Waals surface area (Å²) in [5.41, 5.74) is 2.42. The van der Waals surface area contributed by atoms with Crippen LogP contribution in [-0.4, -0.2) is 19.4 Å². The first-order chi connectivity index (χ1) is 10.7. The molecule has 1 aromatic carbocycles. The average molecular weight is 335 g/mol. The average Bonchev–Trinajstić information content (AvgIpc) is 2.94. The van der Waals surface area contributed by atoms with Gasteiger partial charge in [0.05, 0.1) is 5.56 Å². The number of aryl methyl sites for hydroxylation is 3. The predicted molar refractivity (Wildman–Crippen MR) is 82.3 cm³/mol. The second kappa shape index (κ2) is 5.19. The molecule has 0 unspecified atom stereocenters. The van der Waals surface area contributed by atoms with Crippen molar-refractivity contribution >= 4 is 15.9 Å². The summed E-state index contributed by atoms with van der Waals surface area (Å²) in [7, 11) is -4.12. The van der Waals surface area contributed by atoms with Gasteiger partial charge in [-0.05, 0) is 43.9 Å². The van der Waals surface area contributed by atoms with Crippen LogP contribution < -0.4 is 4.18 Å². The molecule has 3 rings (SSSR count). The highest BCUT2D eigenvalue weighted by atomic mass is 32.2. The molecule has 1 aliphatic rings. The Morgan fingerprint density at radius 3 is 2.57 bits per heavy atom. The normalized spacial score (nSPS) is 17.4. The van der Waals surface area contributed by atoms with E-state index in [9.17, 15) is 13.2 Å². The van der Waals surface area contributed by atoms with Gasteiger partial charge in [-0.25, -0.2) is 0 Å². The number of rotatable bonds is 3. The highest BCUT2D eigenvalue weighted by Crippen LogP contribution is 2.41. The molecule has 0 fully saturated rings.